The molecule has 0 bridgehead atoms. The second kappa shape index (κ2) is 10.4. The van der Waals surface area contributed by atoms with Gasteiger partial charge in [-0.2, -0.15) is 9.57 Å². The first-order valence-electron chi connectivity index (χ1n) is 10.4. The molecule has 3 rings (SSSR count). The second-order valence-electron chi connectivity index (χ2n) is 7.62. The number of aryl methyl sites for hydroxylation is 1. The van der Waals surface area contributed by atoms with Crippen LogP contribution in [0.2, 0.25) is 0 Å². The molecule has 0 aromatic heterocycles. The molecule has 8 nitrogen and oxygen atoms in total. The van der Waals surface area contributed by atoms with Crippen LogP contribution < -0.4 is 5.32 Å². The molecule has 32 heavy (non-hydrogen) atoms. The summed E-state index contributed by atoms with van der Waals surface area (Å²) in [6, 6.07) is 12.6. The Labute approximate surface area is 187 Å². The average Bonchev–Trinajstić information content (AvgIpc) is 3.09. The number of amides is 1. The number of benzene rings is 2. The molecule has 1 aliphatic rings. The van der Waals surface area contributed by atoms with Crippen LogP contribution in [0, 0.1) is 18.3 Å². The Morgan fingerprint density at radius 3 is 2.50 bits per heavy atom. The molecule has 0 spiro atoms. The number of ether oxygens (including phenoxy) is 1. The van der Waals surface area contributed by atoms with Crippen LogP contribution in [0.25, 0.3) is 0 Å². The molecule has 168 valence electrons. The van der Waals surface area contributed by atoms with Crippen molar-refractivity contribution < 1.29 is 22.7 Å². The lowest BCUT2D eigenvalue weighted by atomic mass is 10.1. The lowest BCUT2D eigenvalue weighted by molar-refractivity contribution is -0.119. The van der Waals surface area contributed by atoms with Gasteiger partial charge in [0, 0.05) is 18.8 Å². The fourth-order valence-electron chi connectivity index (χ4n) is 3.50. The van der Waals surface area contributed by atoms with Gasteiger partial charge in [-0.3, -0.25) is 4.79 Å². The number of carbonyl (C=O) groups excluding carboxylic acids is 2. The van der Waals surface area contributed by atoms with Gasteiger partial charge in [-0.25, -0.2) is 13.2 Å². The Morgan fingerprint density at radius 2 is 1.81 bits per heavy atom. The minimum Gasteiger partial charge on any atom is -0.452 e. The molecule has 1 fully saturated rings. The normalized spacial score (nSPS) is 14.8. The van der Waals surface area contributed by atoms with E-state index in [1.807, 2.05) is 6.07 Å². The van der Waals surface area contributed by atoms with Gasteiger partial charge in [-0.15, -0.1) is 0 Å². The zero-order valence-electron chi connectivity index (χ0n) is 17.8. The first-order chi connectivity index (χ1) is 15.3. The van der Waals surface area contributed by atoms with Gasteiger partial charge in [0.15, 0.2) is 6.61 Å². The van der Waals surface area contributed by atoms with Crippen LogP contribution in [0.3, 0.4) is 0 Å². The van der Waals surface area contributed by atoms with E-state index >= 15 is 0 Å². The van der Waals surface area contributed by atoms with Crippen molar-refractivity contribution in [3.8, 4) is 6.07 Å². The molecule has 2 aromatic carbocycles. The average molecular weight is 456 g/mol. The molecule has 0 radical (unpaired) electrons. The van der Waals surface area contributed by atoms with E-state index in [0.29, 0.717) is 29.9 Å². The third-order valence-electron chi connectivity index (χ3n) is 5.22. The van der Waals surface area contributed by atoms with Gasteiger partial charge in [-0.05, 0) is 55.7 Å². The maximum atomic E-state index is 13.1. The third-order valence-corrected chi connectivity index (χ3v) is 7.26. The van der Waals surface area contributed by atoms with Gasteiger partial charge in [0.05, 0.1) is 22.1 Å². The smallest absolute Gasteiger partial charge is 0.338 e. The molecule has 0 saturated carbocycles. The number of carbonyl (C=O) groups is 2. The van der Waals surface area contributed by atoms with E-state index in [2.05, 4.69) is 5.32 Å². The summed E-state index contributed by atoms with van der Waals surface area (Å²) in [5, 5.41) is 11.5. The Balaban J connectivity index is 1.66. The van der Waals surface area contributed by atoms with Crippen molar-refractivity contribution in [2.45, 2.75) is 37.5 Å². The standard InChI is InChI=1S/C23H25N3O5S/c1-17-9-10-20(14-21(17)32(29,30)26-11-4-2-3-5-12-26)25-22(27)16-31-23(28)19-8-6-7-18(13-19)15-24/h6-10,13-14H,2-5,11-12,16H2,1H3,(H,25,27). The van der Waals surface area contributed by atoms with Crippen molar-refractivity contribution >= 4 is 27.6 Å². The summed E-state index contributed by atoms with van der Waals surface area (Å²) in [4.78, 5) is 24.5. The number of sulfonamides is 1. The molecule has 0 aliphatic carbocycles. The highest BCUT2D eigenvalue weighted by atomic mass is 32.2. The third kappa shape index (κ3) is 5.72. The van der Waals surface area contributed by atoms with Crippen molar-refractivity contribution in [1.82, 2.24) is 4.31 Å². The fraction of sp³-hybridized carbons (Fsp3) is 0.348. The molecule has 0 unspecified atom stereocenters. The lowest BCUT2D eigenvalue weighted by Crippen LogP contribution is -2.32. The van der Waals surface area contributed by atoms with Gasteiger partial charge in [-0.1, -0.05) is 25.0 Å². The molecule has 9 heteroatoms. The molecule has 2 aromatic rings. The van der Waals surface area contributed by atoms with E-state index in [4.69, 9.17) is 10.00 Å². The van der Waals surface area contributed by atoms with E-state index in [0.717, 1.165) is 25.7 Å². The summed E-state index contributed by atoms with van der Waals surface area (Å²) in [6.45, 7) is 2.15. The lowest BCUT2D eigenvalue weighted by Gasteiger charge is -2.21. The first kappa shape index (κ1) is 23.4. The summed E-state index contributed by atoms with van der Waals surface area (Å²) in [5.74, 6) is -1.33. The largest absolute Gasteiger partial charge is 0.452 e. The van der Waals surface area contributed by atoms with Crippen LogP contribution in [-0.2, 0) is 19.6 Å². The molecule has 1 heterocycles. The minimum absolute atomic E-state index is 0.155. The van der Waals surface area contributed by atoms with Crippen molar-refractivity contribution in [1.29, 1.82) is 5.26 Å². The van der Waals surface area contributed by atoms with Crippen LogP contribution in [0.15, 0.2) is 47.4 Å². The maximum absolute atomic E-state index is 13.1. The zero-order chi connectivity index (χ0) is 23.1. The SMILES string of the molecule is Cc1ccc(NC(=O)COC(=O)c2cccc(C#N)c2)cc1S(=O)(=O)N1CCCCCC1. The predicted molar refractivity (Wildman–Crippen MR) is 118 cm³/mol. The molecule has 1 N–H and O–H groups in total. The Bertz CT molecular complexity index is 1150. The van der Waals surface area contributed by atoms with Crippen LogP contribution in [0.1, 0.15) is 47.2 Å². The maximum Gasteiger partial charge on any atom is 0.338 e. The second-order valence-corrected chi connectivity index (χ2v) is 9.52. The molecule has 1 amide bonds. The van der Waals surface area contributed by atoms with Crippen LogP contribution in [0.5, 0.6) is 0 Å². The van der Waals surface area contributed by atoms with Crippen molar-refractivity contribution in [3.63, 3.8) is 0 Å². The van der Waals surface area contributed by atoms with E-state index in [1.165, 1.54) is 22.5 Å². The topological polar surface area (TPSA) is 117 Å². The summed E-state index contributed by atoms with van der Waals surface area (Å²) in [7, 11) is -3.67. The van der Waals surface area contributed by atoms with Gasteiger partial charge < -0.3 is 10.1 Å². The highest BCUT2D eigenvalue weighted by Crippen LogP contribution is 2.25. The summed E-state index contributed by atoms with van der Waals surface area (Å²) in [5.41, 5.74) is 1.37. The first-order valence-corrected chi connectivity index (χ1v) is 11.8. The molecular weight excluding hydrogens is 430 g/mol. The highest BCUT2D eigenvalue weighted by molar-refractivity contribution is 7.89. The van der Waals surface area contributed by atoms with Crippen molar-refractivity contribution in [2.24, 2.45) is 0 Å². The number of nitrogens with one attached hydrogen (secondary N) is 1. The predicted octanol–water partition coefficient (Wildman–Crippen LogP) is 3.23. The number of anilines is 1. The molecular formula is C23H25N3O5S. The Hall–Kier alpha value is -3.22. The molecule has 0 atom stereocenters. The van der Waals surface area contributed by atoms with Crippen molar-refractivity contribution in [2.75, 3.05) is 25.0 Å². The number of esters is 1. The Kier molecular flexibility index (Phi) is 7.62. The van der Waals surface area contributed by atoms with Gasteiger partial charge in [0.1, 0.15) is 0 Å². The van der Waals surface area contributed by atoms with Gasteiger partial charge in [0.2, 0.25) is 10.0 Å². The van der Waals surface area contributed by atoms with Gasteiger partial charge in [0.25, 0.3) is 5.91 Å². The summed E-state index contributed by atoms with van der Waals surface area (Å²) < 4.78 is 32.8. The van der Waals surface area contributed by atoms with Crippen LogP contribution in [0.4, 0.5) is 5.69 Å². The van der Waals surface area contributed by atoms with E-state index in [1.54, 1.807) is 31.2 Å². The van der Waals surface area contributed by atoms with E-state index in [-0.39, 0.29) is 10.5 Å². The van der Waals surface area contributed by atoms with Crippen LogP contribution >= 0.6 is 0 Å². The monoisotopic (exact) mass is 455 g/mol. The fourth-order valence-corrected chi connectivity index (χ4v) is 5.27. The molecule has 1 aliphatic heterocycles. The van der Waals surface area contributed by atoms with E-state index in [9.17, 15) is 18.0 Å². The Morgan fingerprint density at radius 1 is 1.09 bits per heavy atom. The van der Waals surface area contributed by atoms with Crippen molar-refractivity contribution in [3.05, 3.63) is 59.2 Å². The zero-order valence-corrected chi connectivity index (χ0v) is 18.7. The number of nitriles is 1. The van der Waals surface area contributed by atoms with Gasteiger partial charge >= 0.3 is 5.97 Å². The van der Waals surface area contributed by atoms with Crippen LogP contribution in [-0.4, -0.2) is 44.3 Å². The number of hydrogen-bond acceptors (Lipinski definition) is 6. The number of rotatable bonds is 6. The molecule has 1 saturated heterocycles. The number of hydrogen-bond donors (Lipinski definition) is 1. The van der Waals surface area contributed by atoms with E-state index < -0.39 is 28.5 Å². The summed E-state index contributed by atoms with van der Waals surface area (Å²) in [6.07, 6.45) is 3.69. The minimum atomic E-state index is -3.67. The number of nitrogens with zero attached hydrogens (tertiary/aromatic N) is 2. The summed E-state index contributed by atoms with van der Waals surface area (Å²) >= 11 is 0. The highest BCUT2D eigenvalue weighted by Gasteiger charge is 2.27. The quantitative estimate of drug-likeness (QED) is 0.669.